The molecule has 0 saturated heterocycles. The molecule has 0 aromatic carbocycles. The van der Waals surface area contributed by atoms with Crippen molar-refractivity contribution in [1.82, 2.24) is 0 Å². The maximum absolute atomic E-state index is 12.6. The minimum absolute atomic E-state index is 0.0220. The smallest absolute Gasteiger partial charge is 0.306 e. The lowest BCUT2D eigenvalue weighted by molar-refractivity contribution is -0.889. The van der Waals surface area contributed by atoms with E-state index < -0.39 is 18.1 Å². The summed E-state index contributed by atoms with van der Waals surface area (Å²) in [4.78, 5) is 36.7. The van der Waals surface area contributed by atoms with E-state index in [1.54, 1.807) is 21.1 Å². The van der Waals surface area contributed by atoms with Crippen molar-refractivity contribution in [2.75, 3.05) is 41.0 Å². The Morgan fingerprint density at radius 2 is 1.06 bits per heavy atom. The molecule has 8 heteroatoms. The Kier molecular flexibility index (Phi) is 34.3. The number of allylic oxidation sites excluding steroid dienone is 4. The van der Waals surface area contributed by atoms with E-state index in [1.807, 2.05) is 6.08 Å². The molecule has 0 heterocycles. The van der Waals surface area contributed by atoms with Gasteiger partial charge >= 0.3 is 11.9 Å². The summed E-state index contributed by atoms with van der Waals surface area (Å²) >= 11 is 0. The first-order valence-electron chi connectivity index (χ1n) is 21.4. The summed E-state index contributed by atoms with van der Waals surface area (Å²) in [5.41, 5.74) is 0. The zero-order valence-corrected chi connectivity index (χ0v) is 34.5. The fraction of sp³-hybridized carbons (Fsp3) is 0.841. The predicted octanol–water partition coefficient (Wildman–Crippen LogP) is 9.97. The van der Waals surface area contributed by atoms with Gasteiger partial charge in [0, 0.05) is 19.3 Å². The summed E-state index contributed by atoms with van der Waals surface area (Å²) in [6.07, 6.45) is 37.8. The van der Waals surface area contributed by atoms with Crippen LogP contribution < -0.4 is 5.11 Å². The minimum atomic E-state index is -1.13. The number of hydrogen-bond acceptors (Lipinski definition) is 7. The molecule has 0 N–H and O–H groups in total. The zero-order chi connectivity index (χ0) is 38.5. The van der Waals surface area contributed by atoms with Crippen molar-refractivity contribution < 1.29 is 38.2 Å². The van der Waals surface area contributed by atoms with Gasteiger partial charge in [0.25, 0.3) is 0 Å². The third kappa shape index (κ3) is 33.6. The van der Waals surface area contributed by atoms with Gasteiger partial charge in [0.2, 0.25) is 0 Å². The van der Waals surface area contributed by atoms with Crippen molar-refractivity contribution in [3.05, 3.63) is 24.3 Å². The van der Waals surface area contributed by atoms with E-state index in [1.165, 1.54) is 116 Å². The highest BCUT2D eigenvalue weighted by Crippen LogP contribution is 2.15. The lowest BCUT2D eigenvalue weighted by Gasteiger charge is -2.34. The minimum Gasteiger partial charge on any atom is -0.544 e. The molecule has 2 unspecified atom stereocenters. The second-order valence-electron chi connectivity index (χ2n) is 15.6. The quantitative estimate of drug-likeness (QED) is 0.0269. The Labute approximate surface area is 320 Å². The van der Waals surface area contributed by atoms with Crippen molar-refractivity contribution in [3.8, 4) is 0 Å². The maximum Gasteiger partial charge on any atom is 0.306 e. The van der Waals surface area contributed by atoms with Crippen LogP contribution >= 0.6 is 0 Å². The number of carboxylic acid groups (broad SMARTS) is 1. The number of carbonyl (C=O) groups is 3. The van der Waals surface area contributed by atoms with E-state index in [0.29, 0.717) is 12.8 Å². The molecule has 0 rings (SSSR count). The van der Waals surface area contributed by atoms with Crippen molar-refractivity contribution in [2.45, 2.75) is 199 Å². The number of carboxylic acids is 1. The fourth-order valence-electron chi connectivity index (χ4n) is 6.24. The molecule has 0 aliphatic rings. The summed E-state index contributed by atoms with van der Waals surface area (Å²) in [6.45, 7) is 4.60. The maximum atomic E-state index is 12.6. The number of hydrogen-bond donors (Lipinski definition) is 0. The summed E-state index contributed by atoms with van der Waals surface area (Å²) in [6, 6.07) is -0.731. The Bertz CT molecular complexity index is 911. The molecule has 0 bridgehead atoms. The van der Waals surface area contributed by atoms with Gasteiger partial charge in [-0.2, -0.15) is 0 Å². The van der Waals surface area contributed by atoms with Crippen molar-refractivity contribution >= 4 is 17.9 Å². The highest BCUT2D eigenvalue weighted by molar-refractivity contribution is 5.70. The number of carbonyl (C=O) groups excluding carboxylic acids is 3. The number of likely N-dealkylation sites (N-methyl/N-ethyl adjacent to an activating group) is 1. The first kappa shape index (κ1) is 49.8. The van der Waals surface area contributed by atoms with Crippen LogP contribution in [0.3, 0.4) is 0 Å². The monoisotopic (exact) mass is 736 g/mol. The van der Waals surface area contributed by atoms with Gasteiger partial charge < -0.3 is 28.6 Å². The molecule has 0 amide bonds. The predicted molar refractivity (Wildman–Crippen MR) is 213 cm³/mol. The largest absolute Gasteiger partial charge is 0.544 e. The van der Waals surface area contributed by atoms with E-state index in [4.69, 9.17) is 14.2 Å². The SMILES string of the molecule is CCCCCCCC/C=C/C/C=C/CCC(=O)OC(COCCC(C(=O)[O-])[N+](C)(C)C)COC(=O)CCCCCCCCCCCCCCCCC. The van der Waals surface area contributed by atoms with E-state index in [0.717, 1.165) is 32.1 Å². The van der Waals surface area contributed by atoms with Crippen LogP contribution in [0.25, 0.3) is 0 Å². The summed E-state index contributed by atoms with van der Waals surface area (Å²) < 4.78 is 17.1. The first-order valence-corrected chi connectivity index (χ1v) is 21.4. The molecule has 0 aromatic heterocycles. The second kappa shape index (κ2) is 35.8. The summed E-state index contributed by atoms with van der Waals surface area (Å²) in [5.74, 6) is -1.81. The average Bonchev–Trinajstić information content (AvgIpc) is 3.09. The average molecular weight is 736 g/mol. The Morgan fingerprint density at radius 1 is 0.577 bits per heavy atom. The summed E-state index contributed by atoms with van der Waals surface area (Å²) in [7, 11) is 5.39. The van der Waals surface area contributed by atoms with Gasteiger partial charge in [0.1, 0.15) is 12.6 Å². The van der Waals surface area contributed by atoms with Crippen molar-refractivity contribution in [2.24, 2.45) is 0 Å². The van der Waals surface area contributed by atoms with E-state index in [2.05, 4.69) is 32.1 Å². The van der Waals surface area contributed by atoms with Crippen molar-refractivity contribution in [3.63, 3.8) is 0 Å². The molecular weight excluding hydrogens is 654 g/mol. The van der Waals surface area contributed by atoms with E-state index in [9.17, 15) is 19.5 Å². The standard InChI is InChI=1S/C44H81NO7/c1-6-8-10-12-14-16-18-20-21-23-24-26-28-30-32-34-42(46)51-39-40(38-50-37-36-41(44(48)49)45(3,4)5)52-43(47)35-33-31-29-27-25-22-19-17-15-13-11-9-7-2/h22,25,29,31,40-41H,6-21,23-24,26-28,30,32-39H2,1-5H3/b25-22+,31-29+. The molecule has 0 aliphatic carbocycles. The van der Waals surface area contributed by atoms with Gasteiger partial charge in [0.05, 0.1) is 40.3 Å². The van der Waals surface area contributed by atoms with Gasteiger partial charge in [-0.1, -0.05) is 160 Å². The van der Waals surface area contributed by atoms with Crippen LogP contribution in [0, 0.1) is 0 Å². The lowest BCUT2D eigenvalue weighted by atomic mass is 10.0. The number of nitrogens with zero attached hydrogens (tertiary/aromatic N) is 1. The van der Waals surface area contributed by atoms with Gasteiger partial charge in [-0.15, -0.1) is 0 Å². The lowest BCUT2D eigenvalue weighted by Crippen LogP contribution is -2.55. The highest BCUT2D eigenvalue weighted by atomic mass is 16.6. The number of aliphatic carboxylic acids is 1. The van der Waals surface area contributed by atoms with E-state index >= 15 is 0 Å². The highest BCUT2D eigenvalue weighted by Gasteiger charge is 2.25. The second-order valence-corrected chi connectivity index (χ2v) is 15.6. The molecular formula is C44H81NO7. The number of esters is 2. The molecule has 2 atom stereocenters. The van der Waals surface area contributed by atoms with Crippen molar-refractivity contribution in [1.29, 1.82) is 0 Å². The molecule has 0 fully saturated rings. The molecule has 0 aliphatic heterocycles. The fourth-order valence-corrected chi connectivity index (χ4v) is 6.24. The molecule has 52 heavy (non-hydrogen) atoms. The topological polar surface area (TPSA) is 102 Å². The van der Waals surface area contributed by atoms with Crippen LogP contribution in [0.1, 0.15) is 187 Å². The Morgan fingerprint density at radius 3 is 1.56 bits per heavy atom. The van der Waals surface area contributed by atoms with Crippen LogP contribution in [0.5, 0.6) is 0 Å². The molecule has 0 aromatic rings. The van der Waals surface area contributed by atoms with Gasteiger partial charge in [-0.3, -0.25) is 9.59 Å². The number of ether oxygens (including phenoxy) is 3. The van der Waals surface area contributed by atoms with Crippen LogP contribution in [0.4, 0.5) is 0 Å². The third-order valence-corrected chi connectivity index (χ3v) is 9.60. The van der Waals surface area contributed by atoms with Gasteiger partial charge in [-0.05, 0) is 32.1 Å². The molecule has 0 radical (unpaired) electrons. The Balaban J connectivity index is 4.41. The number of unbranched alkanes of at least 4 members (excludes halogenated alkanes) is 20. The van der Waals surface area contributed by atoms with E-state index in [-0.39, 0.29) is 49.1 Å². The number of rotatable bonds is 38. The van der Waals surface area contributed by atoms with Gasteiger partial charge in [-0.25, -0.2) is 0 Å². The molecule has 8 nitrogen and oxygen atoms in total. The molecule has 0 spiro atoms. The molecule has 304 valence electrons. The summed E-state index contributed by atoms with van der Waals surface area (Å²) in [5, 5.41) is 11.6. The van der Waals surface area contributed by atoms with Gasteiger partial charge in [0.15, 0.2) is 6.10 Å². The number of quaternary nitrogens is 1. The van der Waals surface area contributed by atoms with Crippen LogP contribution in [-0.4, -0.2) is 75.5 Å². The third-order valence-electron chi connectivity index (χ3n) is 9.60. The van der Waals surface area contributed by atoms with Crippen LogP contribution in [-0.2, 0) is 28.6 Å². The normalized spacial score (nSPS) is 13.2. The molecule has 0 saturated carbocycles. The zero-order valence-electron chi connectivity index (χ0n) is 34.5. The van der Waals surface area contributed by atoms with Crippen LogP contribution in [0.15, 0.2) is 24.3 Å². The Hall–Kier alpha value is -2.19. The first-order chi connectivity index (χ1) is 25.1. The van der Waals surface area contributed by atoms with Crippen LogP contribution in [0.2, 0.25) is 0 Å².